The molecule has 0 unspecified atom stereocenters. The number of amides is 2. The number of carbonyl (C=O) groups is 2. The van der Waals surface area contributed by atoms with Gasteiger partial charge in [0, 0.05) is 6.61 Å². The zero-order valence-corrected chi connectivity index (χ0v) is 11.5. The summed E-state index contributed by atoms with van der Waals surface area (Å²) < 4.78 is 5.59. The maximum atomic E-state index is 12.7. The standard InChI is InChI=1S/C16H19NO3/c18-14-12-10-3-4-11(16(10)5-6-16)13(12)15(19)17(14)8-9-2-1-7-20-9/h3-4,9-13H,1-2,5-8H2/t9-,10-,11-,12+,13+/m1/s1. The molecule has 5 rings (SSSR count). The summed E-state index contributed by atoms with van der Waals surface area (Å²) in [6, 6.07) is 0. The Labute approximate surface area is 118 Å². The predicted molar refractivity (Wildman–Crippen MR) is 70.5 cm³/mol. The molecule has 2 bridgehead atoms. The van der Waals surface area contributed by atoms with Crippen molar-refractivity contribution in [2.24, 2.45) is 29.1 Å². The highest BCUT2D eigenvalue weighted by atomic mass is 16.5. The van der Waals surface area contributed by atoms with E-state index in [1.807, 2.05) is 0 Å². The first-order chi connectivity index (χ1) is 9.72. The third-order valence-corrected chi connectivity index (χ3v) is 6.35. The summed E-state index contributed by atoms with van der Waals surface area (Å²) in [6.45, 7) is 1.25. The van der Waals surface area contributed by atoms with Crippen molar-refractivity contribution in [2.45, 2.75) is 31.8 Å². The Morgan fingerprint density at radius 3 is 2.30 bits per heavy atom. The smallest absolute Gasteiger partial charge is 0.233 e. The molecule has 0 aromatic rings. The molecule has 2 saturated carbocycles. The number of hydrogen-bond donors (Lipinski definition) is 0. The molecular weight excluding hydrogens is 254 g/mol. The van der Waals surface area contributed by atoms with E-state index in [9.17, 15) is 9.59 Å². The molecule has 5 atom stereocenters. The van der Waals surface area contributed by atoms with E-state index in [2.05, 4.69) is 12.2 Å². The predicted octanol–water partition coefficient (Wildman–Crippen LogP) is 1.36. The maximum absolute atomic E-state index is 12.7. The topological polar surface area (TPSA) is 46.6 Å². The maximum Gasteiger partial charge on any atom is 0.233 e. The lowest BCUT2D eigenvalue weighted by Gasteiger charge is -2.23. The first-order valence-corrected chi connectivity index (χ1v) is 7.87. The molecule has 106 valence electrons. The van der Waals surface area contributed by atoms with Crippen LogP contribution in [0.5, 0.6) is 0 Å². The van der Waals surface area contributed by atoms with Crippen LogP contribution in [-0.2, 0) is 14.3 Å². The van der Waals surface area contributed by atoms with Crippen molar-refractivity contribution < 1.29 is 14.3 Å². The molecular formula is C16H19NO3. The number of fused-ring (bicyclic) bond motifs is 3. The van der Waals surface area contributed by atoms with Gasteiger partial charge in [-0.05, 0) is 42.9 Å². The molecule has 0 aromatic heterocycles. The van der Waals surface area contributed by atoms with E-state index in [4.69, 9.17) is 4.74 Å². The zero-order valence-electron chi connectivity index (χ0n) is 11.5. The summed E-state index contributed by atoms with van der Waals surface area (Å²) >= 11 is 0. The van der Waals surface area contributed by atoms with Crippen LogP contribution in [0.3, 0.4) is 0 Å². The summed E-state index contributed by atoms with van der Waals surface area (Å²) in [7, 11) is 0. The van der Waals surface area contributed by atoms with Gasteiger partial charge in [0.15, 0.2) is 0 Å². The summed E-state index contributed by atoms with van der Waals surface area (Å²) in [4.78, 5) is 26.9. The first kappa shape index (κ1) is 11.5. The minimum atomic E-state index is -0.0543. The highest BCUT2D eigenvalue weighted by Gasteiger charge is 2.73. The van der Waals surface area contributed by atoms with E-state index >= 15 is 0 Å². The van der Waals surface area contributed by atoms with Crippen LogP contribution in [-0.4, -0.2) is 36.0 Å². The van der Waals surface area contributed by atoms with Crippen molar-refractivity contribution in [1.82, 2.24) is 4.90 Å². The molecule has 2 heterocycles. The summed E-state index contributed by atoms with van der Waals surface area (Å²) in [5.74, 6) is 0.729. The molecule has 0 aromatic carbocycles. The van der Waals surface area contributed by atoms with Gasteiger partial charge in [0.05, 0.1) is 24.5 Å². The average Bonchev–Trinajstić information content (AvgIpc) is 2.73. The molecule has 2 saturated heterocycles. The van der Waals surface area contributed by atoms with Gasteiger partial charge in [-0.3, -0.25) is 14.5 Å². The number of allylic oxidation sites excluding steroid dienone is 2. The lowest BCUT2D eigenvalue weighted by Crippen LogP contribution is -2.39. The van der Waals surface area contributed by atoms with Gasteiger partial charge < -0.3 is 4.74 Å². The van der Waals surface area contributed by atoms with Crippen molar-refractivity contribution in [3.63, 3.8) is 0 Å². The lowest BCUT2D eigenvalue weighted by molar-refractivity contribution is -0.143. The minimum absolute atomic E-state index is 0.0543. The normalized spacial score (nSPS) is 46.8. The molecule has 1 spiro atoms. The highest BCUT2D eigenvalue weighted by molar-refractivity contribution is 6.06. The molecule has 4 heteroatoms. The summed E-state index contributed by atoms with van der Waals surface area (Å²) in [5.41, 5.74) is 0.302. The Kier molecular flexibility index (Phi) is 2.03. The van der Waals surface area contributed by atoms with Crippen LogP contribution in [0.15, 0.2) is 12.2 Å². The van der Waals surface area contributed by atoms with Gasteiger partial charge in [-0.15, -0.1) is 0 Å². The molecule has 4 nitrogen and oxygen atoms in total. The summed E-state index contributed by atoms with van der Waals surface area (Å²) in [6.07, 6.45) is 8.94. The van der Waals surface area contributed by atoms with Gasteiger partial charge in [-0.2, -0.15) is 0 Å². The second kappa shape index (κ2) is 3.53. The van der Waals surface area contributed by atoms with Gasteiger partial charge in [-0.25, -0.2) is 0 Å². The first-order valence-electron chi connectivity index (χ1n) is 7.87. The van der Waals surface area contributed by atoms with Crippen LogP contribution >= 0.6 is 0 Å². The fourth-order valence-electron chi connectivity index (χ4n) is 5.31. The van der Waals surface area contributed by atoms with Crippen LogP contribution in [0.4, 0.5) is 0 Å². The van der Waals surface area contributed by atoms with E-state index in [0.29, 0.717) is 23.8 Å². The van der Waals surface area contributed by atoms with Crippen molar-refractivity contribution in [2.75, 3.05) is 13.2 Å². The number of nitrogens with zero attached hydrogens (tertiary/aromatic N) is 1. The SMILES string of the molecule is O=C1[C@@H]2[C@@H](C(=O)N1C[C@H]1CCCO1)[C@H]1C=C[C@H]2C12CC2. The fourth-order valence-corrected chi connectivity index (χ4v) is 5.31. The van der Waals surface area contributed by atoms with E-state index < -0.39 is 0 Å². The van der Waals surface area contributed by atoms with Crippen LogP contribution in [0.1, 0.15) is 25.7 Å². The highest BCUT2D eigenvalue weighted by Crippen LogP contribution is 2.73. The fraction of sp³-hybridized carbons (Fsp3) is 0.750. The van der Waals surface area contributed by atoms with Gasteiger partial charge in [0.1, 0.15) is 0 Å². The number of likely N-dealkylation sites (tertiary alicyclic amines) is 1. The second-order valence-corrected chi connectivity index (χ2v) is 7.14. The van der Waals surface area contributed by atoms with E-state index in [1.165, 1.54) is 17.7 Å². The average molecular weight is 273 g/mol. The number of rotatable bonds is 2. The van der Waals surface area contributed by atoms with E-state index in [0.717, 1.165) is 19.4 Å². The zero-order chi connectivity index (χ0) is 13.5. The second-order valence-electron chi connectivity index (χ2n) is 7.14. The molecule has 0 N–H and O–H groups in total. The van der Waals surface area contributed by atoms with Crippen molar-refractivity contribution >= 4 is 11.8 Å². The van der Waals surface area contributed by atoms with Crippen molar-refractivity contribution in [3.8, 4) is 0 Å². The van der Waals surface area contributed by atoms with Gasteiger partial charge in [-0.1, -0.05) is 12.2 Å². The number of hydrogen-bond acceptors (Lipinski definition) is 3. The van der Waals surface area contributed by atoms with Crippen LogP contribution in [0.25, 0.3) is 0 Å². The third-order valence-electron chi connectivity index (χ3n) is 6.35. The van der Waals surface area contributed by atoms with Crippen LogP contribution < -0.4 is 0 Å². The lowest BCUT2D eigenvalue weighted by atomic mass is 9.85. The molecule has 3 aliphatic carbocycles. The van der Waals surface area contributed by atoms with Gasteiger partial charge in [0.2, 0.25) is 11.8 Å². The van der Waals surface area contributed by atoms with E-state index in [1.54, 1.807) is 0 Å². The molecule has 2 aliphatic heterocycles. The largest absolute Gasteiger partial charge is 0.376 e. The van der Waals surface area contributed by atoms with Crippen molar-refractivity contribution in [1.29, 1.82) is 0 Å². The van der Waals surface area contributed by atoms with Crippen LogP contribution in [0.2, 0.25) is 0 Å². The van der Waals surface area contributed by atoms with Gasteiger partial charge >= 0.3 is 0 Å². The molecule has 4 fully saturated rings. The van der Waals surface area contributed by atoms with Crippen molar-refractivity contribution in [3.05, 3.63) is 12.2 Å². The Hall–Kier alpha value is -1.16. The Morgan fingerprint density at radius 1 is 1.15 bits per heavy atom. The molecule has 20 heavy (non-hydrogen) atoms. The molecule has 2 amide bonds. The molecule has 5 aliphatic rings. The minimum Gasteiger partial charge on any atom is -0.376 e. The third kappa shape index (κ3) is 1.18. The van der Waals surface area contributed by atoms with Crippen LogP contribution in [0, 0.1) is 29.1 Å². The number of imide groups is 1. The molecule has 0 radical (unpaired) electrons. The summed E-state index contributed by atoms with van der Waals surface area (Å²) in [5, 5.41) is 0. The Bertz CT molecular complexity index is 496. The number of ether oxygens (including phenoxy) is 1. The quantitative estimate of drug-likeness (QED) is 0.564. The monoisotopic (exact) mass is 273 g/mol. The Morgan fingerprint density at radius 2 is 1.80 bits per heavy atom. The van der Waals surface area contributed by atoms with Gasteiger partial charge in [0.25, 0.3) is 0 Å². The number of carbonyl (C=O) groups excluding carboxylic acids is 2. The Balaban J connectivity index is 1.44. The van der Waals surface area contributed by atoms with E-state index in [-0.39, 0.29) is 29.8 Å².